The Morgan fingerprint density at radius 1 is 0.490 bits per heavy atom. The van der Waals surface area contributed by atoms with Gasteiger partial charge in [0, 0.05) is 25.7 Å². The molecule has 0 saturated carbocycles. The smallest absolute Gasteiger partial charge is 0.306 e. The Morgan fingerprint density at radius 3 is 1.24 bits per heavy atom. The first kappa shape index (κ1) is 47.0. The number of esters is 2. The average molecular weight is 696 g/mol. The summed E-state index contributed by atoms with van der Waals surface area (Å²) in [5.41, 5.74) is 5.87. The van der Waals surface area contributed by atoms with Crippen LogP contribution in [0.3, 0.4) is 0 Å². The molecule has 2 atom stereocenters. The highest BCUT2D eigenvalue weighted by Gasteiger charge is 2.21. The molecule has 2 unspecified atom stereocenters. The van der Waals surface area contributed by atoms with Crippen molar-refractivity contribution in [1.29, 1.82) is 0 Å². The predicted molar refractivity (Wildman–Crippen MR) is 201 cm³/mol. The Bertz CT molecular complexity index is 803. The molecular weight excluding hydrogens is 618 g/mol. The highest BCUT2D eigenvalue weighted by atomic mass is 16.6. The third-order valence-corrected chi connectivity index (χ3v) is 9.49. The second-order valence-corrected chi connectivity index (χ2v) is 14.3. The van der Waals surface area contributed by atoms with Gasteiger partial charge in [-0.15, -0.1) is 0 Å². The number of carbonyl (C=O) groups excluding carboxylic acids is 3. The van der Waals surface area contributed by atoms with Crippen LogP contribution in [-0.4, -0.2) is 47.6 Å². The van der Waals surface area contributed by atoms with E-state index in [1.807, 2.05) is 0 Å². The number of carboxylic acid groups (broad SMARTS) is 1. The van der Waals surface area contributed by atoms with E-state index in [9.17, 15) is 19.2 Å². The van der Waals surface area contributed by atoms with Crippen molar-refractivity contribution >= 4 is 23.7 Å². The van der Waals surface area contributed by atoms with E-state index in [4.69, 9.17) is 20.3 Å². The molecule has 49 heavy (non-hydrogen) atoms. The first-order chi connectivity index (χ1) is 23.8. The Balaban J connectivity index is 4.29. The van der Waals surface area contributed by atoms with Gasteiger partial charge in [0.25, 0.3) is 0 Å². The standard InChI is InChI=1S/C41H77NO7/c1-3-5-7-9-11-13-15-17-19-21-23-25-27-29-40(46)48-35-36(31-33-38(43)37(42)32-34-39(44)45)49-41(47)30-28-26-24-22-20-18-16-14-12-10-8-6-4-2/h36-37H,3-35,42H2,1-2H3,(H,44,45). The van der Waals surface area contributed by atoms with Crippen molar-refractivity contribution < 1.29 is 33.8 Å². The molecule has 3 N–H and O–H groups in total. The van der Waals surface area contributed by atoms with Crippen molar-refractivity contribution in [1.82, 2.24) is 0 Å². The molecule has 0 amide bonds. The van der Waals surface area contributed by atoms with Gasteiger partial charge in [0.15, 0.2) is 0 Å². The third-order valence-electron chi connectivity index (χ3n) is 9.49. The van der Waals surface area contributed by atoms with Gasteiger partial charge < -0.3 is 20.3 Å². The fourth-order valence-corrected chi connectivity index (χ4v) is 6.18. The van der Waals surface area contributed by atoms with Crippen molar-refractivity contribution in [3.63, 3.8) is 0 Å². The number of nitrogens with two attached hydrogens (primary N) is 1. The van der Waals surface area contributed by atoms with Gasteiger partial charge in [-0.3, -0.25) is 19.2 Å². The number of ether oxygens (including phenoxy) is 2. The van der Waals surface area contributed by atoms with Crippen molar-refractivity contribution in [2.24, 2.45) is 5.73 Å². The van der Waals surface area contributed by atoms with Crippen LogP contribution in [0.5, 0.6) is 0 Å². The monoisotopic (exact) mass is 696 g/mol. The van der Waals surface area contributed by atoms with Crippen LogP contribution in [0.1, 0.15) is 219 Å². The zero-order chi connectivity index (χ0) is 36.2. The number of hydrogen-bond donors (Lipinski definition) is 2. The van der Waals surface area contributed by atoms with Gasteiger partial charge in [-0.2, -0.15) is 0 Å². The van der Waals surface area contributed by atoms with Crippen molar-refractivity contribution in [3.05, 3.63) is 0 Å². The lowest BCUT2D eigenvalue weighted by Gasteiger charge is -2.19. The minimum atomic E-state index is -1.00. The van der Waals surface area contributed by atoms with E-state index in [2.05, 4.69) is 13.8 Å². The van der Waals surface area contributed by atoms with Crippen molar-refractivity contribution in [2.75, 3.05) is 6.61 Å². The number of carboxylic acids is 1. The molecule has 8 nitrogen and oxygen atoms in total. The highest BCUT2D eigenvalue weighted by molar-refractivity contribution is 5.84. The van der Waals surface area contributed by atoms with Gasteiger partial charge in [-0.05, 0) is 25.7 Å². The molecule has 0 heterocycles. The quantitative estimate of drug-likeness (QED) is 0.0481. The lowest BCUT2D eigenvalue weighted by molar-refractivity contribution is -0.160. The second kappa shape index (κ2) is 35.9. The average Bonchev–Trinajstić information content (AvgIpc) is 3.08. The Hall–Kier alpha value is -1.96. The summed E-state index contributed by atoms with van der Waals surface area (Å²) in [6.45, 7) is 4.41. The van der Waals surface area contributed by atoms with E-state index in [0.29, 0.717) is 12.8 Å². The summed E-state index contributed by atoms with van der Waals surface area (Å²) in [6.07, 6.45) is 32.0. The first-order valence-electron chi connectivity index (χ1n) is 20.6. The molecule has 0 aromatic rings. The van der Waals surface area contributed by atoms with Crippen LogP contribution < -0.4 is 5.73 Å². The number of unbranched alkanes of at least 4 members (excludes halogenated alkanes) is 24. The van der Waals surface area contributed by atoms with Crippen LogP contribution >= 0.6 is 0 Å². The summed E-state index contributed by atoms with van der Waals surface area (Å²) < 4.78 is 11.1. The van der Waals surface area contributed by atoms with Gasteiger partial charge in [0.1, 0.15) is 18.5 Å². The maximum Gasteiger partial charge on any atom is 0.306 e. The molecule has 0 radical (unpaired) electrons. The lowest BCUT2D eigenvalue weighted by Crippen LogP contribution is -2.33. The molecule has 0 bridgehead atoms. The van der Waals surface area contributed by atoms with Gasteiger partial charge in [0.2, 0.25) is 0 Å². The predicted octanol–water partition coefficient (Wildman–Crippen LogP) is 10.9. The third kappa shape index (κ3) is 34.3. The maximum absolute atomic E-state index is 12.6. The Kier molecular flexibility index (Phi) is 34.4. The van der Waals surface area contributed by atoms with Crippen molar-refractivity contribution in [2.45, 2.75) is 231 Å². The van der Waals surface area contributed by atoms with Crippen LogP contribution in [0.2, 0.25) is 0 Å². The number of rotatable bonds is 38. The van der Waals surface area contributed by atoms with Crippen molar-refractivity contribution in [3.8, 4) is 0 Å². The summed E-state index contributed by atoms with van der Waals surface area (Å²) in [7, 11) is 0. The summed E-state index contributed by atoms with van der Waals surface area (Å²) in [6, 6.07) is -0.878. The topological polar surface area (TPSA) is 133 Å². The molecular formula is C41H77NO7. The molecule has 0 aromatic heterocycles. The highest BCUT2D eigenvalue weighted by Crippen LogP contribution is 2.16. The number of ketones is 1. The van der Waals surface area contributed by atoms with Crippen LogP contribution in [0.25, 0.3) is 0 Å². The number of Topliss-reactive ketones (excluding diaryl/α,β-unsaturated/α-hetero) is 1. The van der Waals surface area contributed by atoms with Gasteiger partial charge in [-0.1, -0.05) is 168 Å². The van der Waals surface area contributed by atoms with Gasteiger partial charge >= 0.3 is 17.9 Å². The summed E-state index contributed by atoms with van der Waals surface area (Å²) >= 11 is 0. The van der Waals surface area contributed by atoms with E-state index in [1.165, 1.54) is 128 Å². The van der Waals surface area contributed by atoms with E-state index >= 15 is 0 Å². The lowest BCUT2D eigenvalue weighted by atomic mass is 10.0. The van der Waals surface area contributed by atoms with Crippen LogP contribution in [0.15, 0.2) is 0 Å². The second-order valence-electron chi connectivity index (χ2n) is 14.3. The fraction of sp³-hybridized carbons (Fsp3) is 0.902. The molecule has 0 aliphatic carbocycles. The number of aliphatic carboxylic acids is 1. The van der Waals surface area contributed by atoms with E-state index < -0.39 is 18.1 Å². The SMILES string of the molecule is CCCCCCCCCCCCCCCC(=O)OCC(CCC(=O)C(N)CCC(=O)O)OC(=O)CCCCCCCCCCCCCCC. The summed E-state index contributed by atoms with van der Waals surface area (Å²) in [5.74, 6) is -1.94. The summed E-state index contributed by atoms with van der Waals surface area (Å²) in [5, 5.41) is 8.88. The Labute approximate surface area is 300 Å². The van der Waals surface area contributed by atoms with E-state index in [0.717, 1.165) is 38.5 Å². The first-order valence-corrected chi connectivity index (χ1v) is 20.6. The fourth-order valence-electron chi connectivity index (χ4n) is 6.18. The molecule has 0 aromatic carbocycles. The molecule has 0 aliphatic rings. The maximum atomic E-state index is 12.6. The molecule has 0 rings (SSSR count). The number of hydrogen-bond acceptors (Lipinski definition) is 7. The van der Waals surface area contributed by atoms with Crippen LogP contribution in [0.4, 0.5) is 0 Å². The van der Waals surface area contributed by atoms with Gasteiger partial charge in [0.05, 0.1) is 6.04 Å². The number of carbonyl (C=O) groups is 4. The molecule has 0 saturated heterocycles. The van der Waals surface area contributed by atoms with Gasteiger partial charge in [-0.25, -0.2) is 0 Å². The molecule has 8 heteroatoms. The molecule has 0 aliphatic heterocycles. The van der Waals surface area contributed by atoms with E-state index in [1.54, 1.807) is 0 Å². The summed E-state index contributed by atoms with van der Waals surface area (Å²) in [4.78, 5) is 48.4. The van der Waals surface area contributed by atoms with Crippen LogP contribution in [-0.2, 0) is 28.7 Å². The zero-order valence-corrected chi connectivity index (χ0v) is 32.0. The minimum Gasteiger partial charge on any atom is -0.481 e. The normalized spacial score (nSPS) is 12.5. The van der Waals surface area contributed by atoms with Crippen LogP contribution in [0, 0.1) is 0 Å². The minimum absolute atomic E-state index is 0.0356. The molecule has 0 spiro atoms. The zero-order valence-electron chi connectivity index (χ0n) is 32.0. The molecule has 288 valence electrons. The van der Waals surface area contributed by atoms with E-state index in [-0.39, 0.29) is 50.0 Å². The Morgan fingerprint density at radius 2 is 0.857 bits per heavy atom. The largest absolute Gasteiger partial charge is 0.481 e. The molecule has 0 fully saturated rings.